The van der Waals surface area contributed by atoms with Gasteiger partial charge >= 0.3 is 0 Å². The van der Waals surface area contributed by atoms with E-state index >= 15 is 0 Å². The second kappa shape index (κ2) is 8.13. The molecule has 2 aromatic heterocycles. The van der Waals surface area contributed by atoms with Crippen LogP contribution in [-0.2, 0) is 0 Å². The minimum Gasteiger partial charge on any atom is -0.309 e. The van der Waals surface area contributed by atoms with Crippen LogP contribution < -0.4 is 5.56 Å². The van der Waals surface area contributed by atoms with Crippen molar-refractivity contribution in [2.24, 2.45) is 0 Å². The summed E-state index contributed by atoms with van der Waals surface area (Å²) in [4.78, 5) is 19.6. The maximum atomic E-state index is 12.2. The Hall–Kier alpha value is -1.38. The van der Waals surface area contributed by atoms with Crippen molar-refractivity contribution in [3.8, 4) is 0 Å². The van der Waals surface area contributed by atoms with Crippen molar-refractivity contribution in [3.63, 3.8) is 0 Å². The van der Waals surface area contributed by atoms with Crippen LogP contribution in [-0.4, -0.2) is 25.9 Å². The van der Waals surface area contributed by atoms with Gasteiger partial charge in [0.2, 0.25) is 0 Å². The Balaban J connectivity index is 1.73. The summed E-state index contributed by atoms with van der Waals surface area (Å²) in [5.41, 5.74) is 0.618. The molecular formula is C16H18N4OS3. The van der Waals surface area contributed by atoms with E-state index in [0.717, 1.165) is 19.9 Å². The van der Waals surface area contributed by atoms with Crippen LogP contribution in [0.4, 0.5) is 0 Å². The molecule has 1 aromatic carbocycles. The Morgan fingerprint density at radius 3 is 2.88 bits per heavy atom. The Labute approximate surface area is 152 Å². The van der Waals surface area contributed by atoms with Crippen molar-refractivity contribution < 1.29 is 0 Å². The van der Waals surface area contributed by atoms with Gasteiger partial charge < -0.3 is 4.98 Å². The van der Waals surface area contributed by atoms with E-state index in [-0.39, 0.29) is 10.8 Å². The Bertz CT molecular complexity index is 877. The first-order valence-corrected chi connectivity index (χ1v) is 10.5. The molecule has 126 valence electrons. The first-order valence-electron chi connectivity index (χ1n) is 7.79. The zero-order valence-electron chi connectivity index (χ0n) is 13.5. The molecule has 0 aliphatic heterocycles. The molecule has 0 aliphatic rings. The van der Waals surface area contributed by atoms with Gasteiger partial charge in [0.05, 0.1) is 16.2 Å². The van der Waals surface area contributed by atoms with Gasteiger partial charge in [-0.1, -0.05) is 60.3 Å². The number of hydrogen-bond donors (Lipinski definition) is 1. The number of nitrogens with one attached hydrogen (secondary N) is 1. The maximum absolute atomic E-state index is 12.2. The summed E-state index contributed by atoms with van der Waals surface area (Å²) >= 11 is 4.92. The standard InChI is InChI=1S/C16H18N4OS3/c1-3-4-9-22-15-19-20-16(24-15)23-10(2)13-17-12-8-6-5-7-11(12)14(21)18-13/h5-8,10H,3-4,9H2,1-2H3,(H,17,18,21). The predicted octanol–water partition coefficient (Wildman–Crippen LogP) is 4.52. The van der Waals surface area contributed by atoms with E-state index in [0.29, 0.717) is 11.2 Å². The molecule has 24 heavy (non-hydrogen) atoms. The molecule has 1 atom stereocenters. The zero-order valence-corrected chi connectivity index (χ0v) is 15.9. The van der Waals surface area contributed by atoms with E-state index in [1.165, 1.54) is 12.8 Å². The van der Waals surface area contributed by atoms with E-state index in [9.17, 15) is 4.79 Å². The summed E-state index contributed by atoms with van der Waals surface area (Å²) in [5, 5.41) is 9.07. The van der Waals surface area contributed by atoms with Crippen molar-refractivity contribution in [1.29, 1.82) is 0 Å². The van der Waals surface area contributed by atoms with Gasteiger partial charge in [-0.25, -0.2) is 4.98 Å². The lowest BCUT2D eigenvalue weighted by atomic mass is 10.2. The molecule has 0 saturated heterocycles. The lowest BCUT2D eigenvalue weighted by molar-refractivity contribution is 0.891. The largest absolute Gasteiger partial charge is 0.309 e. The van der Waals surface area contributed by atoms with E-state index in [1.54, 1.807) is 40.9 Å². The molecule has 0 amide bonds. The zero-order chi connectivity index (χ0) is 16.9. The molecule has 0 aliphatic carbocycles. The molecule has 0 radical (unpaired) electrons. The Morgan fingerprint density at radius 2 is 2.04 bits per heavy atom. The molecule has 2 heterocycles. The summed E-state index contributed by atoms with van der Waals surface area (Å²) in [6, 6.07) is 7.38. The van der Waals surface area contributed by atoms with Gasteiger partial charge in [0.1, 0.15) is 5.82 Å². The second-order valence-electron chi connectivity index (χ2n) is 5.26. The van der Waals surface area contributed by atoms with Crippen LogP contribution in [0.5, 0.6) is 0 Å². The highest BCUT2D eigenvalue weighted by molar-refractivity contribution is 8.03. The molecule has 0 fully saturated rings. The summed E-state index contributed by atoms with van der Waals surface area (Å²) in [6.07, 6.45) is 2.37. The topological polar surface area (TPSA) is 71.5 Å². The van der Waals surface area contributed by atoms with Crippen LogP contribution in [0.25, 0.3) is 10.9 Å². The average Bonchev–Trinajstić information content (AvgIpc) is 3.02. The minimum atomic E-state index is -0.101. The number of aromatic amines is 1. The minimum absolute atomic E-state index is 0.00347. The number of aromatic nitrogens is 4. The predicted molar refractivity (Wildman–Crippen MR) is 102 cm³/mol. The van der Waals surface area contributed by atoms with Crippen LogP contribution in [0.15, 0.2) is 37.7 Å². The highest BCUT2D eigenvalue weighted by atomic mass is 32.2. The molecule has 0 saturated carbocycles. The van der Waals surface area contributed by atoms with Crippen molar-refractivity contribution in [2.75, 3.05) is 5.75 Å². The monoisotopic (exact) mass is 378 g/mol. The molecule has 5 nitrogen and oxygen atoms in total. The average molecular weight is 379 g/mol. The summed E-state index contributed by atoms with van der Waals surface area (Å²) in [6.45, 7) is 4.20. The number of hydrogen-bond acceptors (Lipinski definition) is 7. The lowest BCUT2D eigenvalue weighted by Crippen LogP contribution is -2.12. The quantitative estimate of drug-likeness (QED) is 0.481. The van der Waals surface area contributed by atoms with Crippen LogP contribution in [0, 0.1) is 0 Å². The fourth-order valence-electron chi connectivity index (χ4n) is 2.11. The molecule has 3 rings (SSSR count). The number of H-pyrrole nitrogens is 1. The van der Waals surface area contributed by atoms with Gasteiger partial charge in [0.15, 0.2) is 8.68 Å². The summed E-state index contributed by atoms with van der Waals surface area (Å²) in [7, 11) is 0. The third kappa shape index (κ3) is 4.17. The van der Waals surface area contributed by atoms with Crippen molar-refractivity contribution in [3.05, 3.63) is 40.4 Å². The summed E-state index contributed by atoms with van der Waals surface area (Å²) in [5.74, 6) is 1.74. The van der Waals surface area contributed by atoms with Crippen LogP contribution in [0.3, 0.4) is 0 Å². The number of thioether (sulfide) groups is 2. The number of fused-ring (bicyclic) bond motifs is 1. The molecule has 8 heteroatoms. The number of benzene rings is 1. The van der Waals surface area contributed by atoms with Gasteiger partial charge in [0.25, 0.3) is 5.56 Å². The third-order valence-corrected chi connectivity index (χ3v) is 6.74. The van der Waals surface area contributed by atoms with Gasteiger partial charge in [-0.05, 0) is 25.5 Å². The fraction of sp³-hybridized carbons (Fsp3) is 0.375. The first-order chi connectivity index (χ1) is 11.7. The van der Waals surface area contributed by atoms with Crippen molar-refractivity contribution >= 4 is 45.8 Å². The smallest absolute Gasteiger partial charge is 0.258 e. The fourth-order valence-corrected chi connectivity index (χ4v) is 5.49. The van der Waals surface area contributed by atoms with Gasteiger partial charge in [-0.3, -0.25) is 4.79 Å². The van der Waals surface area contributed by atoms with E-state index in [4.69, 9.17) is 0 Å². The molecule has 0 bridgehead atoms. The lowest BCUT2D eigenvalue weighted by Gasteiger charge is -2.08. The molecule has 1 unspecified atom stereocenters. The number of para-hydroxylation sites is 1. The molecule has 3 aromatic rings. The molecule has 0 spiro atoms. The Kier molecular flexibility index (Phi) is 5.91. The highest BCUT2D eigenvalue weighted by Crippen LogP contribution is 2.37. The van der Waals surface area contributed by atoms with Crippen molar-refractivity contribution in [2.45, 2.75) is 40.6 Å². The third-order valence-electron chi connectivity index (χ3n) is 3.41. The van der Waals surface area contributed by atoms with Gasteiger partial charge in [0, 0.05) is 5.75 Å². The van der Waals surface area contributed by atoms with E-state index in [2.05, 4.69) is 27.1 Å². The summed E-state index contributed by atoms with van der Waals surface area (Å²) < 4.78 is 1.90. The highest BCUT2D eigenvalue weighted by Gasteiger charge is 2.15. The van der Waals surface area contributed by atoms with Gasteiger partial charge in [-0.2, -0.15) is 0 Å². The van der Waals surface area contributed by atoms with Crippen molar-refractivity contribution in [1.82, 2.24) is 20.2 Å². The molecule has 1 N–H and O–H groups in total. The maximum Gasteiger partial charge on any atom is 0.258 e. The molecular weight excluding hydrogens is 360 g/mol. The van der Waals surface area contributed by atoms with Crippen LogP contribution in [0.2, 0.25) is 0 Å². The van der Waals surface area contributed by atoms with E-state index in [1.807, 2.05) is 25.1 Å². The normalized spacial score (nSPS) is 12.6. The first kappa shape index (κ1) is 17.4. The second-order valence-corrected chi connectivity index (χ2v) is 9.17. The van der Waals surface area contributed by atoms with Crippen LogP contribution in [0.1, 0.15) is 37.8 Å². The van der Waals surface area contributed by atoms with Crippen LogP contribution >= 0.6 is 34.9 Å². The SMILES string of the molecule is CCCCSc1nnc(SC(C)c2nc3ccccc3c(=O)[nH]2)s1. The van der Waals surface area contributed by atoms with Gasteiger partial charge in [-0.15, -0.1) is 10.2 Å². The number of rotatable bonds is 7. The Morgan fingerprint density at radius 1 is 1.25 bits per heavy atom. The number of unbranched alkanes of at least 4 members (excludes halogenated alkanes) is 1. The van der Waals surface area contributed by atoms with E-state index < -0.39 is 0 Å². The number of nitrogens with zero attached hydrogens (tertiary/aromatic N) is 3.